The molecule has 7 nitrogen and oxygen atoms in total. The topological polar surface area (TPSA) is 70.6 Å². The van der Waals surface area contributed by atoms with Crippen molar-refractivity contribution in [3.8, 4) is 0 Å². The number of carbonyl (C=O) groups excluding carboxylic acids is 1. The number of amides is 1. The fourth-order valence-corrected chi connectivity index (χ4v) is 5.42. The van der Waals surface area contributed by atoms with Crippen molar-refractivity contribution in [1.82, 2.24) is 19.8 Å². The molecular weight excluding hydrogens is 398 g/mol. The number of ether oxygens (including phenoxy) is 1. The minimum Gasteiger partial charge on any atom is -0.366 e. The van der Waals surface area contributed by atoms with E-state index in [4.69, 9.17) is 4.74 Å². The first-order chi connectivity index (χ1) is 14.6. The number of nitrogens with zero attached hydrogens (tertiary/aromatic N) is 4. The minimum absolute atomic E-state index is 0.0112. The molecule has 0 spiro atoms. The van der Waals surface area contributed by atoms with Crippen LogP contribution >= 0.6 is 11.3 Å². The first-order valence-corrected chi connectivity index (χ1v) is 12.1. The summed E-state index contributed by atoms with van der Waals surface area (Å²) in [6, 6.07) is 2.02. The maximum Gasteiger partial charge on any atom is 0.248 e. The highest BCUT2D eigenvalue weighted by Crippen LogP contribution is 2.31. The smallest absolute Gasteiger partial charge is 0.248 e. The van der Waals surface area contributed by atoms with E-state index in [0.29, 0.717) is 19.0 Å². The molecule has 5 rings (SSSR count). The Morgan fingerprint density at radius 2 is 1.97 bits per heavy atom. The van der Waals surface area contributed by atoms with Gasteiger partial charge in [0.15, 0.2) is 0 Å². The van der Waals surface area contributed by atoms with E-state index < -0.39 is 0 Å². The van der Waals surface area contributed by atoms with Crippen LogP contribution in [-0.4, -0.2) is 77.7 Å². The Balaban J connectivity index is 1.13. The van der Waals surface area contributed by atoms with Crippen molar-refractivity contribution in [2.75, 3.05) is 51.2 Å². The molecule has 1 saturated carbocycles. The Labute approximate surface area is 181 Å². The Bertz CT molecular complexity index is 891. The van der Waals surface area contributed by atoms with Gasteiger partial charge >= 0.3 is 0 Å². The largest absolute Gasteiger partial charge is 0.366 e. The van der Waals surface area contributed by atoms with Crippen LogP contribution in [-0.2, 0) is 9.53 Å². The van der Waals surface area contributed by atoms with Crippen LogP contribution in [0.4, 0.5) is 5.82 Å². The summed E-state index contributed by atoms with van der Waals surface area (Å²) >= 11 is 1.64. The Hall–Kier alpha value is -1.77. The number of aryl methyl sites for hydroxylation is 1. The summed E-state index contributed by atoms with van der Waals surface area (Å²) in [5.74, 6) is 3.33. The Morgan fingerprint density at radius 1 is 1.17 bits per heavy atom. The summed E-state index contributed by atoms with van der Waals surface area (Å²) in [6.07, 6.45) is 5.24. The molecule has 30 heavy (non-hydrogen) atoms. The van der Waals surface area contributed by atoms with E-state index in [1.807, 2.05) is 23.3 Å². The number of hydrogen-bond donors (Lipinski definition) is 1. The third kappa shape index (κ3) is 4.76. The van der Waals surface area contributed by atoms with Crippen molar-refractivity contribution >= 4 is 33.3 Å². The lowest BCUT2D eigenvalue weighted by Gasteiger charge is -2.38. The number of piperidine rings is 1. The summed E-state index contributed by atoms with van der Waals surface area (Å²) in [6.45, 7) is 7.94. The molecule has 1 unspecified atom stereocenters. The standard InChI is InChI=1S/C22H31N5O2S/c1-15-24-19-6-9-30-21(19)22(25-15)23-10-18-13-27(20(28)14-29-18)12-17-4-7-26(8-5-17)11-16-2-3-16/h6,9,16-18H,2-5,7-8,10-14H2,1H3,(H,23,24,25). The molecule has 1 aliphatic carbocycles. The number of likely N-dealkylation sites (tertiary alicyclic amines) is 1. The van der Waals surface area contributed by atoms with Crippen molar-refractivity contribution in [1.29, 1.82) is 0 Å². The Kier molecular flexibility index (Phi) is 5.89. The number of carbonyl (C=O) groups is 1. The van der Waals surface area contributed by atoms with Gasteiger partial charge < -0.3 is 19.9 Å². The second kappa shape index (κ2) is 8.77. The normalized spacial score (nSPS) is 24.0. The van der Waals surface area contributed by atoms with E-state index in [9.17, 15) is 4.79 Å². The third-order valence-corrected chi connectivity index (χ3v) is 7.44. The van der Waals surface area contributed by atoms with Gasteiger partial charge in [-0.2, -0.15) is 0 Å². The van der Waals surface area contributed by atoms with Gasteiger partial charge in [0.1, 0.15) is 18.2 Å². The van der Waals surface area contributed by atoms with Gasteiger partial charge in [-0.1, -0.05) is 0 Å². The summed E-state index contributed by atoms with van der Waals surface area (Å²) in [4.78, 5) is 26.1. The number of hydrogen-bond acceptors (Lipinski definition) is 7. The van der Waals surface area contributed by atoms with Crippen LogP contribution in [0.1, 0.15) is 31.5 Å². The van der Waals surface area contributed by atoms with Crippen molar-refractivity contribution in [2.24, 2.45) is 11.8 Å². The van der Waals surface area contributed by atoms with Crippen molar-refractivity contribution in [3.63, 3.8) is 0 Å². The molecule has 162 valence electrons. The Morgan fingerprint density at radius 3 is 2.77 bits per heavy atom. The minimum atomic E-state index is -0.0112. The van der Waals surface area contributed by atoms with Gasteiger partial charge in [0.25, 0.3) is 0 Å². The summed E-state index contributed by atoms with van der Waals surface area (Å²) in [5.41, 5.74) is 0.976. The number of thiophene rings is 1. The molecule has 8 heteroatoms. The fourth-order valence-electron chi connectivity index (χ4n) is 4.62. The zero-order chi connectivity index (χ0) is 20.5. The zero-order valence-corrected chi connectivity index (χ0v) is 18.5. The van der Waals surface area contributed by atoms with E-state index in [-0.39, 0.29) is 18.6 Å². The molecule has 0 bridgehead atoms. The molecule has 4 heterocycles. The molecule has 0 radical (unpaired) electrons. The SMILES string of the molecule is Cc1nc(NCC2CN(CC3CCN(CC4CC4)CC3)C(=O)CO2)c2sccc2n1. The van der Waals surface area contributed by atoms with Crippen molar-refractivity contribution in [2.45, 2.75) is 38.7 Å². The van der Waals surface area contributed by atoms with Crippen LogP contribution in [0.3, 0.4) is 0 Å². The van der Waals surface area contributed by atoms with Gasteiger partial charge in [-0.3, -0.25) is 4.79 Å². The van der Waals surface area contributed by atoms with Gasteiger partial charge in [-0.15, -0.1) is 11.3 Å². The molecule has 2 aromatic heterocycles. The summed E-state index contributed by atoms with van der Waals surface area (Å²) < 4.78 is 6.89. The summed E-state index contributed by atoms with van der Waals surface area (Å²) in [5, 5.41) is 5.48. The highest BCUT2D eigenvalue weighted by molar-refractivity contribution is 7.17. The second-order valence-electron chi connectivity index (χ2n) is 9.05. The lowest BCUT2D eigenvalue weighted by atomic mass is 9.95. The molecule has 0 aromatic carbocycles. The van der Waals surface area contributed by atoms with Crippen LogP contribution in [0.2, 0.25) is 0 Å². The van der Waals surface area contributed by atoms with Crippen LogP contribution in [0.5, 0.6) is 0 Å². The second-order valence-corrected chi connectivity index (χ2v) is 9.97. The van der Waals surface area contributed by atoms with Crippen LogP contribution in [0.15, 0.2) is 11.4 Å². The van der Waals surface area contributed by atoms with Crippen LogP contribution in [0.25, 0.3) is 10.2 Å². The molecule has 3 fully saturated rings. The van der Waals surface area contributed by atoms with E-state index in [1.165, 1.54) is 45.3 Å². The number of nitrogens with one attached hydrogen (secondary N) is 1. The number of anilines is 1. The van der Waals surface area contributed by atoms with E-state index in [2.05, 4.69) is 20.2 Å². The average molecular weight is 430 g/mol. The maximum atomic E-state index is 12.4. The van der Waals surface area contributed by atoms with Gasteiger partial charge in [0.05, 0.1) is 16.3 Å². The lowest BCUT2D eigenvalue weighted by molar-refractivity contribution is -0.149. The number of aromatic nitrogens is 2. The van der Waals surface area contributed by atoms with E-state index in [1.54, 1.807) is 11.3 Å². The van der Waals surface area contributed by atoms with Gasteiger partial charge in [-0.25, -0.2) is 9.97 Å². The molecule has 1 N–H and O–H groups in total. The quantitative estimate of drug-likeness (QED) is 0.730. The van der Waals surface area contributed by atoms with Gasteiger partial charge in [0.2, 0.25) is 5.91 Å². The van der Waals surface area contributed by atoms with Gasteiger partial charge in [0, 0.05) is 26.2 Å². The first kappa shape index (κ1) is 20.2. The molecule has 1 atom stereocenters. The van der Waals surface area contributed by atoms with E-state index >= 15 is 0 Å². The van der Waals surface area contributed by atoms with Crippen molar-refractivity contribution < 1.29 is 9.53 Å². The molecule has 2 saturated heterocycles. The lowest BCUT2D eigenvalue weighted by Crippen LogP contribution is -2.51. The van der Waals surface area contributed by atoms with Gasteiger partial charge in [-0.05, 0) is 69.0 Å². The predicted molar refractivity (Wildman–Crippen MR) is 119 cm³/mol. The molecule has 2 aromatic rings. The number of morpholine rings is 1. The number of rotatable bonds is 7. The molecule has 2 aliphatic heterocycles. The number of fused-ring (bicyclic) bond motifs is 1. The van der Waals surface area contributed by atoms with Crippen molar-refractivity contribution in [3.05, 3.63) is 17.3 Å². The van der Waals surface area contributed by atoms with Crippen LogP contribution < -0.4 is 5.32 Å². The highest BCUT2D eigenvalue weighted by atomic mass is 32.1. The monoisotopic (exact) mass is 429 g/mol. The third-order valence-electron chi connectivity index (χ3n) is 6.53. The predicted octanol–water partition coefficient (Wildman–Crippen LogP) is 2.76. The van der Waals surface area contributed by atoms with Crippen LogP contribution in [0, 0.1) is 18.8 Å². The molecular formula is C22H31N5O2S. The zero-order valence-electron chi connectivity index (χ0n) is 17.7. The maximum absolute atomic E-state index is 12.4. The fraction of sp³-hybridized carbons (Fsp3) is 0.682. The average Bonchev–Trinajstić information content (AvgIpc) is 3.43. The highest BCUT2D eigenvalue weighted by Gasteiger charge is 2.31. The summed E-state index contributed by atoms with van der Waals surface area (Å²) in [7, 11) is 0. The first-order valence-electron chi connectivity index (χ1n) is 11.2. The molecule has 1 amide bonds. The molecule has 3 aliphatic rings. The van der Waals surface area contributed by atoms with E-state index in [0.717, 1.165) is 34.3 Å².